The summed E-state index contributed by atoms with van der Waals surface area (Å²) >= 11 is 0. The molecule has 1 aliphatic heterocycles. The van der Waals surface area contributed by atoms with E-state index in [1.54, 1.807) is 24.3 Å². The third-order valence-electron chi connectivity index (χ3n) is 4.34. The number of nitrogens with zero attached hydrogens (tertiary/aromatic N) is 1. The number of aryl methyl sites for hydroxylation is 1. The maximum atomic E-state index is 12.0. The molecule has 0 bridgehead atoms. The van der Waals surface area contributed by atoms with Crippen molar-refractivity contribution in [2.75, 3.05) is 28.5 Å². The third-order valence-corrected chi connectivity index (χ3v) is 6.21. The first-order valence-corrected chi connectivity index (χ1v) is 10.6. The van der Waals surface area contributed by atoms with Gasteiger partial charge in [0.25, 0.3) is 0 Å². The summed E-state index contributed by atoms with van der Waals surface area (Å²) in [6.07, 6.45) is 1.61. The highest BCUT2D eigenvalue weighted by Gasteiger charge is 2.28. The molecule has 7 heteroatoms. The van der Waals surface area contributed by atoms with Gasteiger partial charge in [0.05, 0.1) is 18.0 Å². The fourth-order valence-electron chi connectivity index (χ4n) is 2.99. The molecule has 0 aliphatic carbocycles. The SMILES string of the molecule is Cc1cccc(OCCCC(=O)Nc2ccc(N3CCCS3(=O)=O)cc2)c1. The second-order valence-corrected chi connectivity index (χ2v) is 8.62. The molecule has 2 aromatic carbocycles. The summed E-state index contributed by atoms with van der Waals surface area (Å²) in [6.45, 7) is 2.99. The minimum Gasteiger partial charge on any atom is -0.494 e. The molecule has 144 valence electrons. The van der Waals surface area contributed by atoms with E-state index in [2.05, 4.69) is 5.32 Å². The Hall–Kier alpha value is -2.54. The van der Waals surface area contributed by atoms with Crippen molar-refractivity contribution in [2.45, 2.75) is 26.2 Å². The van der Waals surface area contributed by atoms with E-state index < -0.39 is 10.0 Å². The summed E-state index contributed by atoms with van der Waals surface area (Å²) < 4.78 is 30.9. The van der Waals surface area contributed by atoms with Crippen LogP contribution in [-0.2, 0) is 14.8 Å². The van der Waals surface area contributed by atoms with Gasteiger partial charge in [-0.2, -0.15) is 0 Å². The third kappa shape index (κ3) is 5.23. The van der Waals surface area contributed by atoms with Gasteiger partial charge in [0.2, 0.25) is 15.9 Å². The standard InChI is InChI=1S/C20H24N2O4S/c1-16-5-2-6-19(15-16)26-13-3-7-20(23)21-17-8-10-18(11-9-17)22-12-4-14-27(22,24)25/h2,5-6,8-11,15H,3-4,7,12-14H2,1H3,(H,21,23). The summed E-state index contributed by atoms with van der Waals surface area (Å²) in [5, 5.41) is 2.83. The van der Waals surface area contributed by atoms with E-state index in [0.717, 1.165) is 11.3 Å². The molecule has 0 saturated carbocycles. The topological polar surface area (TPSA) is 75.7 Å². The average molecular weight is 388 g/mol. The molecule has 1 fully saturated rings. The van der Waals surface area contributed by atoms with E-state index in [4.69, 9.17) is 4.74 Å². The van der Waals surface area contributed by atoms with Crippen molar-refractivity contribution in [3.63, 3.8) is 0 Å². The normalized spacial score (nSPS) is 15.5. The zero-order valence-electron chi connectivity index (χ0n) is 15.3. The quantitative estimate of drug-likeness (QED) is 0.738. The van der Waals surface area contributed by atoms with Crippen LogP contribution in [0.3, 0.4) is 0 Å². The van der Waals surface area contributed by atoms with E-state index in [0.29, 0.717) is 43.8 Å². The Labute approximate surface area is 160 Å². The van der Waals surface area contributed by atoms with Gasteiger partial charge in [-0.3, -0.25) is 9.10 Å². The molecule has 1 aliphatic rings. The summed E-state index contributed by atoms with van der Waals surface area (Å²) in [7, 11) is -3.18. The Balaban J connectivity index is 1.44. The van der Waals surface area contributed by atoms with Gasteiger partial charge in [0.15, 0.2) is 0 Å². The number of carbonyl (C=O) groups excluding carboxylic acids is 1. The smallest absolute Gasteiger partial charge is 0.235 e. The molecular weight excluding hydrogens is 364 g/mol. The predicted molar refractivity (Wildman–Crippen MR) is 107 cm³/mol. The fourth-order valence-corrected chi connectivity index (χ4v) is 4.56. The van der Waals surface area contributed by atoms with Gasteiger partial charge in [-0.25, -0.2) is 8.42 Å². The van der Waals surface area contributed by atoms with Crippen LogP contribution >= 0.6 is 0 Å². The van der Waals surface area contributed by atoms with E-state index in [1.165, 1.54) is 4.31 Å². The van der Waals surface area contributed by atoms with Crippen LogP contribution in [-0.4, -0.2) is 33.2 Å². The first kappa shape index (κ1) is 19.2. The maximum Gasteiger partial charge on any atom is 0.235 e. The van der Waals surface area contributed by atoms with Gasteiger partial charge in [0, 0.05) is 18.7 Å². The summed E-state index contributed by atoms with van der Waals surface area (Å²) in [5.74, 6) is 0.906. The Bertz CT molecular complexity index is 894. The molecule has 0 atom stereocenters. The van der Waals surface area contributed by atoms with Gasteiger partial charge in [0.1, 0.15) is 5.75 Å². The van der Waals surface area contributed by atoms with Gasteiger partial charge >= 0.3 is 0 Å². The highest BCUT2D eigenvalue weighted by atomic mass is 32.2. The van der Waals surface area contributed by atoms with Crippen molar-refractivity contribution in [1.29, 1.82) is 0 Å². The van der Waals surface area contributed by atoms with Gasteiger partial charge in [-0.05, 0) is 61.7 Å². The Kier molecular flexibility index (Phi) is 6.01. The average Bonchev–Trinajstić information content (AvgIpc) is 2.99. The van der Waals surface area contributed by atoms with Crippen LogP contribution in [0, 0.1) is 6.92 Å². The number of hydrogen-bond acceptors (Lipinski definition) is 4. The zero-order valence-corrected chi connectivity index (χ0v) is 16.2. The molecule has 0 radical (unpaired) electrons. The van der Waals surface area contributed by atoms with Crippen molar-refractivity contribution in [3.8, 4) is 5.75 Å². The summed E-state index contributed by atoms with van der Waals surface area (Å²) in [6, 6.07) is 14.7. The van der Waals surface area contributed by atoms with Crippen molar-refractivity contribution >= 4 is 27.3 Å². The van der Waals surface area contributed by atoms with E-state index in [1.807, 2.05) is 31.2 Å². The first-order valence-electron chi connectivity index (χ1n) is 9.04. The summed E-state index contributed by atoms with van der Waals surface area (Å²) in [5.41, 5.74) is 2.42. The number of rotatable bonds is 7. The monoisotopic (exact) mass is 388 g/mol. The number of benzene rings is 2. The Morgan fingerprint density at radius 3 is 2.63 bits per heavy atom. The molecule has 6 nitrogen and oxygen atoms in total. The molecule has 1 N–H and O–H groups in total. The van der Waals surface area contributed by atoms with Crippen molar-refractivity contribution < 1.29 is 17.9 Å². The number of anilines is 2. The Morgan fingerprint density at radius 2 is 1.96 bits per heavy atom. The lowest BCUT2D eigenvalue weighted by molar-refractivity contribution is -0.116. The highest BCUT2D eigenvalue weighted by Crippen LogP contribution is 2.25. The lowest BCUT2D eigenvalue weighted by Gasteiger charge is -2.17. The van der Waals surface area contributed by atoms with Gasteiger partial charge in [-0.15, -0.1) is 0 Å². The summed E-state index contributed by atoms with van der Waals surface area (Å²) in [4.78, 5) is 12.0. The molecule has 1 amide bonds. The lowest BCUT2D eigenvalue weighted by atomic mass is 10.2. The number of ether oxygens (including phenoxy) is 1. The molecular formula is C20H24N2O4S. The highest BCUT2D eigenvalue weighted by molar-refractivity contribution is 7.93. The first-order chi connectivity index (χ1) is 12.9. The van der Waals surface area contributed by atoms with Gasteiger partial charge < -0.3 is 10.1 Å². The number of sulfonamides is 1. The predicted octanol–water partition coefficient (Wildman–Crippen LogP) is 3.33. The number of nitrogens with one attached hydrogen (secondary N) is 1. The van der Waals surface area contributed by atoms with Gasteiger partial charge in [-0.1, -0.05) is 12.1 Å². The number of carbonyl (C=O) groups is 1. The van der Waals surface area contributed by atoms with Crippen molar-refractivity contribution in [3.05, 3.63) is 54.1 Å². The van der Waals surface area contributed by atoms with Crippen LogP contribution in [0.2, 0.25) is 0 Å². The minimum atomic E-state index is -3.18. The molecule has 0 aromatic heterocycles. The minimum absolute atomic E-state index is 0.0932. The molecule has 2 aromatic rings. The van der Waals surface area contributed by atoms with Crippen LogP contribution in [0.5, 0.6) is 5.75 Å². The zero-order chi connectivity index (χ0) is 19.3. The van der Waals surface area contributed by atoms with E-state index >= 15 is 0 Å². The lowest BCUT2D eigenvalue weighted by Crippen LogP contribution is -2.25. The molecule has 0 spiro atoms. The van der Waals surface area contributed by atoms with Crippen molar-refractivity contribution in [1.82, 2.24) is 0 Å². The van der Waals surface area contributed by atoms with E-state index in [-0.39, 0.29) is 11.7 Å². The van der Waals surface area contributed by atoms with Crippen LogP contribution in [0.4, 0.5) is 11.4 Å². The molecule has 0 unspecified atom stereocenters. The van der Waals surface area contributed by atoms with Crippen LogP contribution in [0.1, 0.15) is 24.8 Å². The molecule has 1 heterocycles. The van der Waals surface area contributed by atoms with Crippen LogP contribution < -0.4 is 14.4 Å². The van der Waals surface area contributed by atoms with Crippen LogP contribution in [0.15, 0.2) is 48.5 Å². The largest absolute Gasteiger partial charge is 0.494 e. The number of hydrogen-bond donors (Lipinski definition) is 1. The van der Waals surface area contributed by atoms with E-state index in [9.17, 15) is 13.2 Å². The maximum absolute atomic E-state index is 12.0. The van der Waals surface area contributed by atoms with Crippen LogP contribution in [0.25, 0.3) is 0 Å². The number of amides is 1. The fraction of sp³-hybridized carbons (Fsp3) is 0.350. The second-order valence-electron chi connectivity index (χ2n) is 6.61. The molecule has 1 saturated heterocycles. The van der Waals surface area contributed by atoms with Crippen molar-refractivity contribution in [2.24, 2.45) is 0 Å². The second kappa shape index (κ2) is 8.43. The molecule has 27 heavy (non-hydrogen) atoms. The molecule has 3 rings (SSSR count). The Morgan fingerprint density at radius 1 is 1.19 bits per heavy atom.